The highest BCUT2D eigenvalue weighted by Gasteiger charge is 2.13. The van der Waals surface area contributed by atoms with Crippen molar-refractivity contribution in [1.82, 2.24) is 15.3 Å². The van der Waals surface area contributed by atoms with Gasteiger partial charge >= 0.3 is 0 Å². The molecule has 1 fully saturated rings. The number of hydrogen-bond acceptors (Lipinski definition) is 3. The van der Waals surface area contributed by atoms with Crippen LogP contribution in [0.1, 0.15) is 5.56 Å². The molecule has 0 aromatic heterocycles. The van der Waals surface area contributed by atoms with Crippen LogP contribution in [0.3, 0.4) is 0 Å². The predicted octanol–water partition coefficient (Wildman–Crippen LogP) is 1.22. The van der Waals surface area contributed by atoms with Gasteiger partial charge < -0.3 is 4.90 Å². The molecule has 0 amide bonds. The molecule has 0 radical (unpaired) electrons. The van der Waals surface area contributed by atoms with Gasteiger partial charge in [0.1, 0.15) is 0 Å². The number of likely N-dealkylation sites (N-methyl/N-ethyl adjacent to an activating group) is 1. The number of piperazine rings is 1. The fourth-order valence-electron chi connectivity index (χ4n) is 1.82. The summed E-state index contributed by atoms with van der Waals surface area (Å²) >= 11 is 0. The van der Waals surface area contributed by atoms with Crippen molar-refractivity contribution in [3.05, 3.63) is 35.4 Å². The number of halogens is 2. The zero-order chi connectivity index (χ0) is 12.3. The highest BCUT2D eigenvalue weighted by atomic mass is 19.2. The Balaban J connectivity index is 1.83. The number of hydrazine groups is 1. The van der Waals surface area contributed by atoms with Gasteiger partial charge in [-0.25, -0.2) is 13.8 Å². The van der Waals surface area contributed by atoms with E-state index in [2.05, 4.69) is 22.4 Å². The van der Waals surface area contributed by atoms with E-state index >= 15 is 0 Å². The second-order valence-corrected chi connectivity index (χ2v) is 4.37. The smallest absolute Gasteiger partial charge is 0.159 e. The van der Waals surface area contributed by atoms with Gasteiger partial charge in [0, 0.05) is 32.7 Å². The Bertz CT molecular complexity index is 376. The summed E-state index contributed by atoms with van der Waals surface area (Å²) in [5.41, 5.74) is 3.98. The molecule has 0 unspecified atom stereocenters. The zero-order valence-corrected chi connectivity index (χ0v) is 9.92. The van der Waals surface area contributed by atoms with Gasteiger partial charge in [-0.15, -0.1) is 0 Å². The Hall–Kier alpha value is -1.04. The fourth-order valence-corrected chi connectivity index (χ4v) is 1.82. The van der Waals surface area contributed by atoms with Gasteiger partial charge in [-0.3, -0.25) is 5.43 Å². The molecule has 1 saturated heterocycles. The van der Waals surface area contributed by atoms with E-state index in [1.54, 1.807) is 6.07 Å². The van der Waals surface area contributed by atoms with Crippen molar-refractivity contribution in [2.24, 2.45) is 0 Å². The normalized spacial score (nSPS) is 18.5. The maximum absolute atomic E-state index is 13.0. The van der Waals surface area contributed by atoms with Crippen molar-refractivity contribution in [3.63, 3.8) is 0 Å². The molecule has 2 rings (SSSR count). The second kappa shape index (κ2) is 5.53. The molecular formula is C12H17F2N3. The van der Waals surface area contributed by atoms with E-state index in [0.717, 1.165) is 37.8 Å². The summed E-state index contributed by atoms with van der Waals surface area (Å²) in [7, 11) is 2.09. The Morgan fingerprint density at radius 1 is 1.12 bits per heavy atom. The minimum absolute atomic E-state index is 0.529. The molecule has 94 valence electrons. The van der Waals surface area contributed by atoms with Crippen LogP contribution in [0.15, 0.2) is 18.2 Å². The highest BCUT2D eigenvalue weighted by Crippen LogP contribution is 2.08. The van der Waals surface area contributed by atoms with Crippen molar-refractivity contribution in [3.8, 4) is 0 Å². The Morgan fingerprint density at radius 3 is 2.47 bits per heavy atom. The topological polar surface area (TPSA) is 18.5 Å². The maximum atomic E-state index is 13.0. The molecule has 5 heteroatoms. The van der Waals surface area contributed by atoms with Crippen molar-refractivity contribution in [2.75, 3.05) is 33.2 Å². The molecule has 3 nitrogen and oxygen atoms in total. The summed E-state index contributed by atoms with van der Waals surface area (Å²) in [6.45, 7) is 4.46. The van der Waals surface area contributed by atoms with Gasteiger partial charge in [0.05, 0.1) is 0 Å². The molecular weight excluding hydrogens is 224 g/mol. The molecule has 1 aliphatic rings. The van der Waals surface area contributed by atoms with Crippen molar-refractivity contribution in [1.29, 1.82) is 0 Å². The quantitative estimate of drug-likeness (QED) is 0.858. The van der Waals surface area contributed by atoms with Gasteiger partial charge in [-0.05, 0) is 24.7 Å². The van der Waals surface area contributed by atoms with Gasteiger partial charge in [-0.2, -0.15) is 0 Å². The van der Waals surface area contributed by atoms with Crippen LogP contribution in [0.2, 0.25) is 0 Å². The SMILES string of the molecule is CN1CCN(NCc2ccc(F)c(F)c2)CC1. The number of nitrogens with zero attached hydrogens (tertiary/aromatic N) is 2. The Morgan fingerprint density at radius 2 is 1.82 bits per heavy atom. The minimum Gasteiger partial charge on any atom is -0.304 e. The molecule has 1 N–H and O–H groups in total. The highest BCUT2D eigenvalue weighted by molar-refractivity contribution is 5.17. The number of nitrogens with one attached hydrogen (secondary N) is 1. The van der Waals surface area contributed by atoms with Crippen molar-refractivity contribution >= 4 is 0 Å². The van der Waals surface area contributed by atoms with Crippen LogP contribution < -0.4 is 5.43 Å². The molecule has 0 bridgehead atoms. The van der Waals surface area contributed by atoms with Gasteiger partial charge in [0.15, 0.2) is 11.6 Å². The lowest BCUT2D eigenvalue weighted by Gasteiger charge is -2.32. The molecule has 0 spiro atoms. The average molecular weight is 241 g/mol. The van der Waals surface area contributed by atoms with E-state index in [4.69, 9.17) is 0 Å². The Kier molecular flexibility index (Phi) is 4.04. The molecule has 17 heavy (non-hydrogen) atoms. The van der Waals surface area contributed by atoms with Crippen molar-refractivity contribution in [2.45, 2.75) is 6.54 Å². The van der Waals surface area contributed by atoms with E-state index < -0.39 is 11.6 Å². The summed E-state index contributed by atoms with van der Waals surface area (Å²) in [6, 6.07) is 4.00. The van der Waals surface area contributed by atoms with E-state index in [-0.39, 0.29) is 0 Å². The van der Waals surface area contributed by atoms with E-state index in [0.29, 0.717) is 6.54 Å². The number of rotatable bonds is 3. The van der Waals surface area contributed by atoms with E-state index in [1.807, 2.05) is 0 Å². The lowest BCUT2D eigenvalue weighted by molar-refractivity contribution is 0.102. The van der Waals surface area contributed by atoms with Crippen LogP contribution in [0.25, 0.3) is 0 Å². The van der Waals surface area contributed by atoms with Crippen molar-refractivity contribution < 1.29 is 8.78 Å². The molecule has 1 aromatic carbocycles. The maximum Gasteiger partial charge on any atom is 0.159 e. The summed E-state index contributed by atoms with van der Waals surface area (Å²) < 4.78 is 25.7. The first-order chi connectivity index (χ1) is 8.15. The second-order valence-electron chi connectivity index (χ2n) is 4.37. The summed E-state index contributed by atoms with van der Waals surface area (Å²) in [6.07, 6.45) is 0. The summed E-state index contributed by atoms with van der Waals surface area (Å²) in [5.74, 6) is -1.59. The minimum atomic E-state index is -0.798. The van der Waals surface area contributed by atoms with Crippen LogP contribution in [-0.4, -0.2) is 43.1 Å². The first-order valence-electron chi connectivity index (χ1n) is 5.76. The average Bonchev–Trinajstić information content (AvgIpc) is 2.33. The lowest BCUT2D eigenvalue weighted by atomic mass is 10.2. The number of hydrogen-bond donors (Lipinski definition) is 1. The third kappa shape index (κ3) is 3.46. The molecule has 1 heterocycles. The van der Waals surface area contributed by atoms with E-state index in [1.165, 1.54) is 6.07 Å². The largest absolute Gasteiger partial charge is 0.304 e. The first-order valence-corrected chi connectivity index (χ1v) is 5.76. The summed E-state index contributed by atoms with van der Waals surface area (Å²) in [5, 5.41) is 2.11. The molecule has 0 saturated carbocycles. The van der Waals surface area contributed by atoms with Gasteiger partial charge in [-0.1, -0.05) is 6.07 Å². The number of benzene rings is 1. The monoisotopic (exact) mass is 241 g/mol. The van der Waals surface area contributed by atoms with Crippen LogP contribution >= 0.6 is 0 Å². The molecule has 1 aromatic rings. The van der Waals surface area contributed by atoms with Crippen LogP contribution in [0.4, 0.5) is 8.78 Å². The van der Waals surface area contributed by atoms with Crippen LogP contribution in [0.5, 0.6) is 0 Å². The fraction of sp³-hybridized carbons (Fsp3) is 0.500. The lowest BCUT2D eigenvalue weighted by Crippen LogP contribution is -2.50. The third-order valence-corrected chi connectivity index (χ3v) is 2.99. The van der Waals surface area contributed by atoms with Gasteiger partial charge in [0.25, 0.3) is 0 Å². The third-order valence-electron chi connectivity index (χ3n) is 2.99. The molecule has 1 aliphatic heterocycles. The van der Waals surface area contributed by atoms with E-state index in [9.17, 15) is 8.78 Å². The predicted molar refractivity (Wildman–Crippen MR) is 62.3 cm³/mol. The molecule has 0 aliphatic carbocycles. The van der Waals surface area contributed by atoms with Crippen LogP contribution in [0, 0.1) is 11.6 Å². The zero-order valence-electron chi connectivity index (χ0n) is 9.92. The summed E-state index contributed by atoms with van der Waals surface area (Å²) in [4.78, 5) is 2.26. The Labute approximate surface area is 100.0 Å². The standard InChI is InChI=1S/C12H17F2N3/c1-16-4-6-17(7-5-16)15-9-10-2-3-11(13)12(14)8-10/h2-3,8,15H,4-7,9H2,1H3. The molecule has 0 atom stereocenters. The van der Waals surface area contributed by atoms with Gasteiger partial charge in [0.2, 0.25) is 0 Å². The first kappa shape index (κ1) is 12.4. The van der Waals surface area contributed by atoms with Crippen LogP contribution in [-0.2, 0) is 6.54 Å².